The minimum Gasteiger partial charge on any atom is -0.481 e. The third-order valence-corrected chi connectivity index (χ3v) is 0.781. The fourth-order valence-corrected chi connectivity index (χ4v) is 0.387. The summed E-state index contributed by atoms with van der Waals surface area (Å²) in [6.45, 7) is -0.0165. The lowest BCUT2D eigenvalue weighted by molar-refractivity contribution is -0.135. The maximum absolute atomic E-state index is 9.91. The largest absolute Gasteiger partial charge is 0.481 e. The molecule has 0 saturated carbocycles. The van der Waals surface area contributed by atoms with Crippen molar-refractivity contribution in [1.82, 2.24) is 0 Å². The zero-order chi connectivity index (χ0) is 7.82. The van der Waals surface area contributed by atoms with Crippen molar-refractivity contribution >= 4 is 5.97 Å². The van der Waals surface area contributed by atoms with Gasteiger partial charge in [-0.05, 0) is 0 Å². The van der Waals surface area contributed by atoms with Gasteiger partial charge in [-0.25, -0.2) is 0 Å². The molecule has 0 fully saturated rings. The van der Waals surface area contributed by atoms with Crippen molar-refractivity contribution in [3.63, 3.8) is 0 Å². The van der Waals surface area contributed by atoms with E-state index in [1.807, 2.05) is 0 Å². The summed E-state index contributed by atoms with van der Waals surface area (Å²) in [4.78, 5) is 9.91. The lowest BCUT2D eigenvalue weighted by Crippen LogP contribution is -1.89. The van der Waals surface area contributed by atoms with Crippen LogP contribution < -0.4 is 0 Å². The number of aliphatic carboxylic acids is 1. The van der Waals surface area contributed by atoms with E-state index in [9.17, 15) is 4.79 Å². The Bertz CT molecular complexity index is 147. The van der Waals surface area contributed by atoms with Crippen LogP contribution in [0.5, 0.6) is 0 Å². The Morgan fingerprint density at radius 2 is 1.90 bits per heavy atom. The van der Waals surface area contributed by atoms with Crippen molar-refractivity contribution in [2.24, 2.45) is 0 Å². The second-order valence-corrected chi connectivity index (χ2v) is 1.64. The van der Waals surface area contributed by atoms with Crippen molar-refractivity contribution in [2.45, 2.75) is 6.42 Å². The molecule has 0 bridgehead atoms. The second-order valence-electron chi connectivity index (χ2n) is 1.64. The molecule has 0 saturated heterocycles. The molecule has 0 heterocycles. The van der Waals surface area contributed by atoms with E-state index in [0.717, 1.165) is 0 Å². The van der Waals surface area contributed by atoms with Gasteiger partial charge >= 0.3 is 5.97 Å². The summed E-state index contributed by atoms with van der Waals surface area (Å²) in [5.41, 5.74) is 0. The van der Waals surface area contributed by atoms with Crippen LogP contribution in [0.25, 0.3) is 0 Å². The van der Waals surface area contributed by atoms with Crippen molar-refractivity contribution in [3.8, 4) is 0 Å². The average molecular weight is 142 g/mol. The van der Waals surface area contributed by atoms with Gasteiger partial charge in [0.2, 0.25) is 0 Å². The van der Waals surface area contributed by atoms with E-state index in [0.29, 0.717) is 0 Å². The molecular formula is C7H10O3. The Labute approximate surface area is 59.3 Å². The van der Waals surface area contributed by atoms with Gasteiger partial charge in [-0.3, -0.25) is 4.79 Å². The molecule has 0 amide bonds. The summed E-state index contributed by atoms with van der Waals surface area (Å²) < 4.78 is 0. The first-order chi connectivity index (χ1) is 4.77. The number of carboxylic acid groups (broad SMARTS) is 1. The van der Waals surface area contributed by atoms with Crippen molar-refractivity contribution in [1.29, 1.82) is 0 Å². The van der Waals surface area contributed by atoms with Crippen LogP contribution in [0.3, 0.4) is 0 Å². The van der Waals surface area contributed by atoms with Crippen LogP contribution in [0.1, 0.15) is 6.42 Å². The summed E-state index contributed by atoms with van der Waals surface area (Å²) in [6.07, 6.45) is 6.25. The van der Waals surface area contributed by atoms with E-state index in [-0.39, 0.29) is 13.0 Å². The Morgan fingerprint density at radius 3 is 2.40 bits per heavy atom. The summed E-state index contributed by atoms with van der Waals surface area (Å²) >= 11 is 0. The molecule has 3 heteroatoms. The Morgan fingerprint density at radius 1 is 1.30 bits per heavy atom. The summed E-state index contributed by atoms with van der Waals surface area (Å²) in [5.74, 6) is -0.853. The van der Waals surface area contributed by atoms with Gasteiger partial charge in [0.1, 0.15) is 0 Å². The van der Waals surface area contributed by atoms with Gasteiger partial charge < -0.3 is 10.2 Å². The molecule has 2 N–H and O–H groups in total. The fraction of sp³-hybridized carbons (Fsp3) is 0.286. The minimum atomic E-state index is -0.853. The number of carbonyl (C=O) groups is 1. The normalized spacial score (nSPS) is 11.3. The molecule has 0 aromatic heterocycles. The first-order valence-electron chi connectivity index (χ1n) is 2.91. The Hall–Kier alpha value is -1.09. The standard InChI is InChI=1S/C7H10O3/c8-6-4-2-1-3-5-7(9)10/h1-4,8H,5-6H2,(H,9,10)/b3-1-,4-2-. The highest BCUT2D eigenvalue weighted by atomic mass is 16.4. The summed E-state index contributed by atoms with van der Waals surface area (Å²) in [6, 6.07) is 0. The molecule has 0 unspecified atom stereocenters. The number of rotatable bonds is 4. The smallest absolute Gasteiger partial charge is 0.307 e. The fourth-order valence-electron chi connectivity index (χ4n) is 0.387. The predicted molar refractivity (Wildman–Crippen MR) is 37.6 cm³/mol. The van der Waals surface area contributed by atoms with Gasteiger partial charge in [0.05, 0.1) is 13.0 Å². The van der Waals surface area contributed by atoms with Crippen molar-refractivity contribution in [2.75, 3.05) is 6.61 Å². The van der Waals surface area contributed by atoms with Crippen LogP contribution in [0.4, 0.5) is 0 Å². The Balaban J connectivity index is 3.37. The molecule has 0 aliphatic heterocycles. The molecule has 0 rings (SSSR count). The molecule has 0 spiro atoms. The molecule has 0 atom stereocenters. The second kappa shape index (κ2) is 6.04. The lowest BCUT2D eigenvalue weighted by atomic mass is 10.3. The molecule has 10 heavy (non-hydrogen) atoms. The van der Waals surface area contributed by atoms with E-state index < -0.39 is 5.97 Å². The topological polar surface area (TPSA) is 57.5 Å². The number of allylic oxidation sites excluding steroid dienone is 2. The van der Waals surface area contributed by atoms with Crippen LogP contribution in [-0.4, -0.2) is 22.8 Å². The highest BCUT2D eigenvalue weighted by Crippen LogP contribution is 1.83. The van der Waals surface area contributed by atoms with Gasteiger partial charge in [0.15, 0.2) is 0 Å². The molecule has 56 valence electrons. The van der Waals surface area contributed by atoms with E-state index >= 15 is 0 Å². The van der Waals surface area contributed by atoms with Gasteiger partial charge in [-0.2, -0.15) is 0 Å². The molecule has 0 aromatic carbocycles. The summed E-state index contributed by atoms with van der Waals surface area (Å²) in [7, 11) is 0. The number of hydrogen-bond donors (Lipinski definition) is 2. The van der Waals surface area contributed by atoms with Gasteiger partial charge in [0, 0.05) is 0 Å². The maximum Gasteiger partial charge on any atom is 0.307 e. The van der Waals surface area contributed by atoms with E-state index in [1.54, 1.807) is 12.2 Å². The zero-order valence-electron chi connectivity index (χ0n) is 5.53. The molecule has 0 aliphatic rings. The monoisotopic (exact) mass is 142 g/mol. The maximum atomic E-state index is 9.91. The van der Waals surface area contributed by atoms with Gasteiger partial charge in [-0.1, -0.05) is 24.3 Å². The first-order valence-corrected chi connectivity index (χ1v) is 2.91. The van der Waals surface area contributed by atoms with Crippen molar-refractivity contribution < 1.29 is 15.0 Å². The van der Waals surface area contributed by atoms with Crippen LogP contribution >= 0.6 is 0 Å². The van der Waals surface area contributed by atoms with E-state index in [4.69, 9.17) is 10.2 Å². The number of aliphatic hydroxyl groups is 1. The van der Waals surface area contributed by atoms with Crippen LogP contribution in [-0.2, 0) is 4.79 Å². The molecular weight excluding hydrogens is 132 g/mol. The van der Waals surface area contributed by atoms with Crippen LogP contribution in [0.15, 0.2) is 24.3 Å². The summed E-state index contributed by atoms with van der Waals surface area (Å²) in [5, 5.41) is 16.4. The van der Waals surface area contributed by atoms with E-state index in [2.05, 4.69) is 0 Å². The molecule has 3 nitrogen and oxygen atoms in total. The lowest BCUT2D eigenvalue weighted by Gasteiger charge is -1.79. The minimum absolute atomic E-state index is 0.0165. The first kappa shape index (κ1) is 8.91. The number of aliphatic hydroxyl groups excluding tert-OH is 1. The van der Waals surface area contributed by atoms with E-state index in [1.165, 1.54) is 12.2 Å². The van der Waals surface area contributed by atoms with Gasteiger partial charge in [0.25, 0.3) is 0 Å². The quantitative estimate of drug-likeness (QED) is 0.564. The highest BCUT2D eigenvalue weighted by Gasteiger charge is 1.86. The Kier molecular flexibility index (Phi) is 5.38. The van der Waals surface area contributed by atoms with Crippen LogP contribution in [0.2, 0.25) is 0 Å². The molecule has 0 aliphatic carbocycles. The SMILES string of the molecule is O=C(O)C/C=C\C=C/CO. The zero-order valence-corrected chi connectivity index (χ0v) is 5.53. The average Bonchev–Trinajstić information content (AvgIpc) is 1.87. The van der Waals surface area contributed by atoms with Gasteiger partial charge in [-0.15, -0.1) is 0 Å². The van der Waals surface area contributed by atoms with Crippen molar-refractivity contribution in [3.05, 3.63) is 24.3 Å². The molecule has 0 aromatic rings. The predicted octanol–water partition coefficient (Wildman–Crippen LogP) is 0.566. The third-order valence-electron chi connectivity index (χ3n) is 0.781. The molecule has 0 radical (unpaired) electrons. The van der Waals surface area contributed by atoms with Crippen LogP contribution in [0, 0.1) is 0 Å². The highest BCUT2D eigenvalue weighted by molar-refractivity contribution is 5.68. The number of hydrogen-bond acceptors (Lipinski definition) is 2. The third kappa shape index (κ3) is 6.91. The number of carboxylic acids is 1.